The van der Waals surface area contributed by atoms with Crippen LogP contribution >= 0.6 is 0 Å². The lowest BCUT2D eigenvalue weighted by atomic mass is 9.97. The molecular weight excluding hydrogens is 306 g/mol. The molecule has 5 heteroatoms. The van der Waals surface area contributed by atoms with E-state index in [-0.39, 0.29) is 5.91 Å². The van der Waals surface area contributed by atoms with Crippen LogP contribution in [0.25, 0.3) is 0 Å². The molecular formula is C19H23NO4. The van der Waals surface area contributed by atoms with E-state index in [1.165, 1.54) is 12.3 Å². The van der Waals surface area contributed by atoms with Gasteiger partial charge in [-0.3, -0.25) is 4.79 Å². The molecule has 0 saturated carbocycles. The van der Waals surface area contributed by atoms with Crippen LogP contribution in [-0.2, 0) is 9.53 Å². The molecule has 0 spiro atoms. The van der Waals surface area contributed by atoms with Crippen LogP contribution in [0.2, 0.25) is 0 Å². The molecule has 0 fully saturated rings. The summed E-state index contributed by atoms with van der Waals surface area (Å²) in [4.78, 5) is 24.4. The first-order chi connectivity index (χ1) is 11.4. The van der Waals surface area contributed by atoms with Gasteiger partial charge in [-0.25, -0.2) is 4.79 Å². The lowest BCUT2D eigenvalue weighted by Crippen LogP contribution is -2.30. The molecule has 1 aromatic carbocycles. The van der Waals surface area contributed by atoms with E-state index in [0.717, 1.165) is 17.7 Å². The topological polar surface area (TPSA) is 68.5 Å². The van der Waals surface area contributed by atoms with Crippen molar-refractivity contribution in [2.45, 2.75) is 46.1 Å². The summed E-state index contributed by atoms with van der Waals surface area (Å²) in [5.74, 6) is -0.137. The maximum absolute atomic E-state index is 12.4. The molecule has 2 rings (SSSR count). The minimum atomic E-state index is -0.906. The van der Waals surface area contributed by atoms with E-state index >= 15 is 0 Å². The van der Waals surface area contributed by atoms with Crippen LogP contribution in [0.3, 0.4) is 0 Å². The molecule has 128 valence electrons. The Morgan fingerprint density at radius 2 is 1.92 bits per heavy atom. The predicted octanol–water partition coefficient (Wildman–Crippen LogP) is 4.29. The molecule has 0 radical (unpaired) electrons. The number of benzene rings is 1. The third kappa shape index (κ3) is 4.04. The molecule has 1 amide bonds. The van der Waals surface area contributed by atoms with E-state index < -0.39 is 12.1 Å². The Bertz CT molecular complexity index is 720. The smallest absolute Gasteiger partial charge is 0.342 e. The van der Waals surface area contributed by atoms with Crippen molar-refractivity contribution in [1.29, 1.82) is 0 Å². The number of amides is 1. The number of hydrogen-bond acceptors (Lipinski definition) is 4. The largest absolute Gasteiger partial charge is 0.469 e. The number of furan rings is 1. The molecule has 24 heavy (non-hydrogen) atoms. The Kier molecular flexibility index (Phi) is 5.79. The van der Waals surface area contributed by atoms with E-state index in [2.05, 4.69) is 19.2 Å². The van der Waals surface area contributed by atoms with Gasteiger partial charge in [-0.1, -0.05) is 32.0 Å². The van der Waals surface area contributed by atoms with Crippen molar-refractivity contribution in [2.24, 2.45) is 0 Å². The van der Waals surface area contributed by atoms with Gasteiger partial charge in [0.15, 0.2) is 6.10 Å². The molecule has 0 aliphatic carbocycles. The average molecular weight is 329 g/mol. The maximum atomic E-state index is 12.4. The number of hydrogen-bond donors (Lipinski definition) is 1. The van der Waals surface area contributed by atoms with Gasteiger partial charge in [-0.15, -0.1) is 0 Å². The van der Waals surface area contributed by atoms with Gasteiger partial charge < -0.3 is 14.5 Å². The standard InChI is InChI=1S/C19H23NO4/c1-5-12(2)15-8-6-7-9-17(15)20-18(21)14(4)24-19(22)16-10-11-23-13(16)3/h6-12,14H,5H2,1-4H3,(H,20,21)/t12-,14+/m0/s1. The third-order valence-electron chi connectivity index (χ3n) is 4.09. The number of rotatable bonds is 6. The number of nitrogens with one attached hydrogen (secondary N) is 1. The highest BCUT2D eigenvalue weighted by Gasteiger charge is 2.22. The second-order valence-corrected chi connectivity index (χ2v) is 5.82. The van der Waals surface area contributed by atoms with E-state index in [1.807, 2.05) is 24.3 Å². The summed E-state index contributed by atoms with van der Waals surface area (Å²) in [7, 11) is 0. The number of aryl methyl sites for hydroxylation is 1. The summed E-state index contributed by atoms with van der Waals surface area (Å²) in [6.45, 7) is 7.43. The Morgan fingerprint density at radius 3 is 2.54 bits per heavy atom. The third-order valence-corrected chi connectivity index (χ3v) is 4.09. The first-order valence-corrected chi connectivity index (χ1v) is 8.08. The van der Waals surface area contributed by atoms with Gasteiger partial charge >= 0.3 is 5.97 Å². The van der Waals surface area contributed by atoms with Gasteiger partial charge in [0.1, 0.15) is 11.3 Å². The molecule has 0 unspecified atom stereocenters. The van der Waals surface area contributed by atoms with Crippen LogP contribution in [0, 0.1) is 6.92 Å². The van der Waals surface area contributed by atoms with E-state index in [4.69, 9.17) is 9.15 Å². The average Bonchev–Trinajstić information content (AvgIpc) is 3.00. The van der Waals surface area contributed by atoms with Crippen molar-refractivity contribution in [3.05, 3.63) is 53.5 Å². The maximum Gasteiger partial charge on any atom is 0.342 e. The van der Waals surface area contributed by atoms with Crippen LogP contribution in [0.4, 0.5) is 5.69 Å². The van der Waals surface area contributed by atoms with Crippen LogP contribution in [0.5, 0.6) is 0 Å². The Balaban J connectivity index is 2.05. The van der Waals surface area contributed by atoms with Crippen molar-refractivity contribution in [1.82, 2.24) is 0 Å². The van der Waals surface area contributed by atoms with Crippen molar-refractivity contribution < 1.29 is 18.7 Å². The molecule has 5 nitrogen and oxygen atoms in total. The molecule has 0 saturated heterocycles. The SMILES string of the molecule is CC[C@H](C)c1ccccc1NC(=O)[C@@H](C)OC(=O)c1ccoc1C. The zero-order valence-electron chi connectivity index (χ0n) is 14.5. The van der Waals surface area contributed by atoms with Gasteiger partial charge in [0.25, 0.3) is 5.91 Å². The summed E-state index contributed by atoms with van der Waals surface area (Å²) in [6, 6.07) is 9.19. The lowest BCUT2D eigenvalue weighted by Gasteiger charge is -2.18. The van der Waals surface area contributed by atoms with Gasteiger partial charge in [-0.05, 0) is 43.9 Å². The first kappa shape index (κ1) is 17.8. The summed E-state index contributed by atoms with van der Waals surface area (Å²) in [6.07, 6.45) is 1.48. The fraction of sp³-hybridized carbons (Fsp3) is 0.368. The Morgan fingerprint density at radius 1 is 1.21 bits per heavy atom. The second kappa shape index (κ2) is 7.81. The predicted molar refractivity (Wildman–Crippen MR) is 92.1 cm³/mol. The van der Waals surface area contributed by atoms with Crippen LogP contribution in [0.15, 0.2) is 41.0 Å². The first-order valence-electron chi connectivity index (χ1n) is 8.08. The minimum absolute atomic E-state index is 0.327. The van der Waals surface area contributed by atoms with E-state index in [1.54, 1.807) is 13.8 Å². The highest BCUT2D eigenvalue weighted by molar-refractivity contribution is 5.98. The molecule has 0 aliphatic heterocycles. The molecule has 2 aromatic rings. The van der Waals surface area contributed by atoms with Crippen LogP contribution in [0.1, 0.15) is 54.8 Å². The van der Waals surface area contributed by atoms with Crippen molar-refractivity contribution in [3.63, 3.8) is 0 Å². The highest BCUT2D eigenvalue weighted by Crippen LogP contribution is 2.26. The van der Waals surface area contributed by atoms with Crippen LogP contribution < -0.4 is 5.32 Å². The molecule has 0 aliphatic rings. The number of esters is 1. The summed E-state index contributed by atoms with van der Waals surface area (Å²) in [5, 5.41) is 2.85. The Hall–Kier alpha value is -2.56. The second-order valence-electron chi connectivity index (χ2n) is 5.82. The zero-order chi connectivity index (χ0) is 17.7. The van der Waals surface area contributed by atoms with Crippen molar-refractivity contribution >= 4 is 17.6 Å². The van der Waals surface area contributed by atoms with Crippen molar-refractivity contribution in [3.8, 4) is 0 Å². The van der Waals surface area contributed by atoms with Gasteiger partial charge in [0.2, 0.25) is 0 Å². The summed E-state index contributed by atoms with van der Waals surface area (Å²) in [5.41, 5.74) is 2.14. The van der Waals surface area contributed by atoms with Gasteiger partial charge in [-0.2, -0.15) is 0 Å². The number of carbonyl (C=O) groups excluding carboxylic acids is 2. The summed E-state index contributed by atoms with van der Waals surface area (Å²) >= 11 is 0. The quantitative estimate of drug-likeness (QED) is 0.803. The molecule has 1 N–H and O–H groups in total. The van der Waals surface area contributed by atoms with Gasteiger partial charge in [0.05, 0.1) is 6.26 Å². The normalized spacial score (nSPS) is 13.2. The lowest BCUT2D eigenvalue weighted by molar-refractivity contribution is -0.123. The zero-order valence-corrected chi connectivity index (χ0v) is 14.5. The molecule has 1 heterocycles. The number of carbonyl (C=O) groups is 2. The number of para-hydroxylation sites is 1. The fourth-order valence-corrected chi connectivity index (χ4v) is 2.37. The molecule has 1 aromatic heterocycles. The van der Waals surface area contributed by atoms with Gasteiger partial charge in [0, 0.05) is 5.69 Å². The van der Waals surface area contributed by atoms with E-state index in [0.29, 0.717) is 17.2 Å². The molecule has 0 bridgehead atoms. The summed E-state index contributed by atoms with van der Waals surface area (Å²) < 4.78 is 10.3. The molecule has 2 atom stereocenters. The monoisotopic (exact) mass is 329 g/mol. The highest BCUT2D eigenvalue weighted by atomic mass is 16.5. The van der Waals surface area contributed by atoms with Crippen molar-refractivity contribution in [2.75, 3.05) is 5.32 Å². The number of ether oxygens (including phenoxy) is 1. The Labute approximate surface area is 142 Å². The van der Waals surface area contributed by atoms with E-state index in [9.17, 15) is 9.59 Å². The van der Waals surface area contributed by atoms with Crippen LogP contribution in [-0.4, -0.2) is 18.0 Å². The minimum Gasteiger partial charge on any atom is -0.469 e. The number of anilines is 1. The fourth-order valence-electron chi connectivity index (χ4n) is 2.37.